The maximum Gasteiger partial charge on any atom is 0.190 e. The Bertz CT molecular complexity index is 840. The molecule has 1 saturated carbocycles. The first-order valence-electron chi connectivity index (χ1n) is 8.26. The quantitative estimate of drug-likeness (QED) is 0.727. The molecule has 4 heterocycles. The van der Waals surface area contributed by atoms with E-state index in [0.717, 1.165) is 36.0 Å². The minimum absolute atomic E-state index is 0.364. The molecule has 0 aromatic carbocycles. The van der Waals surface area contributed by atoms with Gasteiger partial charge < -0.3 is 4.90 Å². The van der Waals surface area contributed by atoms with Crippen LogP contribution in [0.25, 0.3) is 10.8 Å². The molecule has 1 atom stereocenters. The van der Waals surface area contributed by atoms with Gasteiger partial charge in [-0.05, 0) is 25.3 Å². The largest absolute Gasteiger partial charge is 0.354 e. The minimum Gasteiger partial charge on any atom is -0.354 e. The Morgan fingerprint density at radius 3 is 2.92 bits per heavy atom. The number of rotatable bonds is 4. The topological polar surface area (TPSA) is 72.6 Å². The molecule has 2 fully saturated rings. The molecule has 1 aliphatic heterocycles. The van der Waals surface area contributed by atoms with Crippen molar-refractivity contribution >= 4 is 17.2 Å². The highest BCUT2D eigenvalue weighted by atomic mass is 32.1. The van der Waals surface area contributed by atoms with E-state index in [9.17, 15) is 0 Å². The summed E-state index contributed by atoms with van der Waals surface area (Å²) < 4.78 is 2.04. The third-order valence-electron chi connectivity index (χ3n) is 4.65. The molecular formula is C16H17N7S. The van der Waals surface area contributed by atoms with Gasteiger partial charge in [-0.25, -0.2) is 19.6 Å². The van der Waals surface area contributed by atoms with Crippen molar-refractivity contribution in [1.82, 2.24) is 29.9 Å². The standard InChI is InChI=1S/C16H17N7S/c1-2-11(1)13-10-23(21-20-13)12-4-7-22(9-12)14-3-5-17-15(19-14)16-18-6-8-24-16/h3,5-6,8,10-12H,1-2,4,7,9H2. The number of anilines is 1. The molecule has 3 aromatic heterocycles. The van der Waals surface area contributed by atoms with E-state index >= 15 is 0 Å². The number of hydrogen-bond acceptors (Lipinski definition) is 7. The molecule has 1 aliphatic carbocycles. The fourth-order valence-corrected chi connectivity index (χ4v) is 3.74. The SMILES string of the molecule is c1cc(N2CCC(n3cc(C4CC4)nn3)C2)nc(-c2nccs2)n1. The maximum atomic E-state index is 4.69. The smallest absolute Gasteiger partial charge is 0.190 e. The Labute approximate surface area is 143 Å². The predicted molar refractivity (Wildman–Crippen MR) is 91.0 cm³/mol. The summed E-state index contributed by atoms with van der Waals surface area (Å²) in [6.07, 6.45) is 9.31. The molecule has 122 valence electrons. The van der Waals surface area contributed by atoms with Crippen LogP contribution in [0.4, 0.5) is 5.82 Å². The van der Waals surface area contributed by atoms with E-state index in [1.807, 2.05) is 22.3 Å². The average Bonchev–Trinajstić information content (AvgIpc) is 3.07. The fraction of sp³-hybridized carbons (Fsp3) is 0.438. The van der Waals surface area contributed by atoms with Gasteiger partial charge in [0.05, 0.1) is 11.7 Å². The lowest BCUT2D eigenvalue weighted by Gasteiger charge is -2.17. The summed E-state index contributed by atoms with van der Waals surface area (Å²) in [6, 6.07) is 2.33. The Morgan fingerprint density at radius 2 is 2.08 bits per heavy atom. The summed E-state index contributed by atoms with van der Waals surface area (Å²) in [5, 5.41) is 11.5. The molecule has 5 rings (SSSR count). The maximum absolute atomic E-state index is 4.69. The number of hydrogen-bond donors (Lipinski definition) is 0. The third kappa shape index (κ3) is 2.56. The second kappa shape index (κ2) is 5.62. The molecule has 0 spiro atoms. The molecule has 0 amide bonds. The summed E-state index contributed by atoms with van der Waals surface area (Å²) >= 11 is 1.56. The van der Waals surface area contributed by atoms with Crippen molar-refractivity contribution in [2.75, 3.05) is 18.0 Å². The minimum atomic E-state index is 0.364. The Kier molecular flexibility index (Phi) is 3.29. The van der Waals surface area contributed by atoms with Crippen LogP contribution in [0.3, 0.4) is 0 Å². The van der Waals surface area contributed by atoms with Gasteiger partial charge in [0.15, 0.2) is 10.8 Å². The van der Waals surface area contributed by atoms with Crippen molar-refractivity contribution in [2.24, 2.45) is 0 Å². The van der Waals surface area contributed by atoms with Crippen molar-refractivity contribution in [2.45, 2.75) is 31.2 Å². The summed E-state index contributed by atoms with van der Waals surface area (Å²) in [6.45, 7) is 1.87. The highest BCUT2D eigenvalue weighted by Gasteiger charge is 2.30. The van der Waals surface area contributed by atoms with Crippen LogP contribution in [0.15, 0.2) is 30.0 Å². The van der Waals surface area contributed by atoms with E-state index in [-0.39, 0.29) is 0 Å². The van der Waals surface area contributed by atoms with Crippen LogP contribution in [0.1, 0.15) is 36.9 Å². The number of nitrogens with zero attached hydrogens (tertiary/aromatic N) is 7. The van der Waals surface area contributed by atoms with Crippen molar-refractivity contribution in [1.29, 1.82) is 0 Å². The molecule has 0 bridgehead atoms. The summed E-state index contributed by atoms with van der Waals surface area (Å²) in [4.78, 5) is 15.6. The lowest BCUT2D eigenvalue weighted by Crippen LogP contribution is -2.22. The predicted octanol–water partition coefficient (Wildman–Crippen LogP) is 2.52. The molecule has 3 aromatic rings. The van der Waals surface area contributed by atoms with E-state index in [2.05, 4.69) is 36.4 Å². The van der Waals surface area contributed by atoms with E-state index in [1.54, 1.807) is 17.5 Å². The summed E-state index contributed by atoms with van der Waals surface area (Å²) in [5.74, 6) is 2.31. The van der Waals surface area contributed by atoms with Gasteiger partial charge in [0.1, 0.15) is 5.82 Å². The second-order valence-corrected chi connectivity index (χ2v) is 7.26. The van der Waals surface area contributed by atoms with E-state index in [0.29, 0.717) is 17.8 Å². The van der Waals surface area contributed by atoms with Crippen molar-refractivity contribution in [3.8, 4) is 10.8 Å². The second-order valence-electron chi connectivity index (χ2n) is 6.36. The molecule has 1 unspecified atom stereocenters. The molecule has 1 saturated heterocycles. The fourth-order valence-electron chi connectivity index (χ4n) is 3.16. The zero-order chi connectivity index (χ0) is 15.9. The molecule has 8 heteroatoms. The van der Waals surface area contributed by atoms with Gasteiger partial charge in [0.25, 0.3) is 0 Å². The number of aromatic nitrogens is 6. The molecule has 0 N–H and O–H groups in total. The van der Waals surface area contributed by atoms with Crippen molar-refractivity contribution in [3.05, 3.63) is 35.7 Å². The molecule has 24 heavy (non-hydrogen) atoms. The highest BCUT2D eigenvalue weighted by molar-refractivity contribution is 7.12. The van der Waals surface area contributed by atoms with Crippen LogP contribution in [-0.2, 0) is 0 Å². The zero-order valence-corrected chi connectivity index (χ0v) is 13.9. The van der Waals surface area contributed by atoms with Crippen LogP contribution in [0, 0.1) is 0 Å². The van der Waals surface area contributed by atoms with Crippen molar-refractivity contribution in [3.63, 3.8) is 0 Å². The van der Waals surface area contributed by atoms with Gasteiger partial charge in [-0.1, -0.05) is 5.21 Å². The Morgan fingerprint density at radius 1 is 1.12 bits per heavy atom. The molecule has 7 nitrogen and oxygen atoms in total. The average molecular weight is 339 g/mol. The normalized spacial score (nSPS) is 20.7. The summed E-state index contributed by atoms with van der Waals surface area (Å²) in [5.41, 5.74) is 1.15. The van der Waals surface area contributed by atoms with Crippen LogP contribution >= 0.6 is 11.3 Å². The van der Waals surface area contributed by atoms with E-state index in [1.165, 1.54) is 12.8 Å². The van der Waals surface area contributed by atoms with Crippen LogP contribution in [0.5, 0.6) is 0 Å². The van der Waals surface area contributed by atoms with Gasteiger partial charge in [-0.3, -0.25) is 0 Å². The molecular weight excluding hydrogens is 322 g/mol. The van der Waals surface area contributed by atoms with E-state index < -0.39 is 0 Å². The Hall–Kier alpha value is -2.35. The lowest BCUT2D eigenvalue weighted by molar-refractivity contribution is 0.479. The molecule has 0 radical (unpaired) electrons. The van der Waals surface area contributed by atoms with Crippen molar-refractivity contribution < 1.29 is 0 Å². The van der Waals surface area contributed by atoms with Crippen LogP contribution < -0.4 is 4.90 Å². The van der Waals surface area contributed by atoms with Gasteiger partial charge in [0.2, 0.25) is 0 Å². The van der Waals surface area contributed by atoms with E-state index in [4.69, 9.17) is 0 Å². The van der Waals surface area contributed by atoms with Gasteiger partial charge in [-0.2, -0.15) is 0 Å². The first-order chi connectivity index (χ1) is 11.9. The zero-order valence-electron chi connectivity index (χ0n) is 13.1. The van der Waals surface area contributed by atoms with Gasteiger partial charge in [-0.15, -0.1) is 16.4 Å². The summed E-state index contributed by atoms with van der Waals surface area (Å²) in [7, 11) is 0. The monoisotopic (exact) mass is 339 g/mol. The van der Waals surface area contributed by atoms with Gasteiger partial charge >= 0.3 is 0 Å². The lowest BCUT2D eigenvalue weighted by atomic mass is 10.2. The number of thiazole rings is 1. The molecule has 2 aliphatic rings. The first kappa shape index (κ1) is 14.0. The van der Waals surface area contributed by atoms with Gasteiger partial charge in [0, 0.05) is 43.0 Å². The van der Waals surface area contributed by atoms with Crippen LogP contribution in [-0.4, -0.2) is 43.0 Å². The van der Waals surface area contributed by atoms with Crippen LogP contribution in [0.2, 0.25) is 0 Å². The Balaban J connectivity index is 1.34. The first-order valence-corrected chi connectivity index (χ1v) is 9.14. The third-order valence-corrected chi connectivity index (χ3v) is 5.42. The highest BCUT2D eigenvalue weighted by Crippen LogP contribution is 2.39.